The number of rotatable bonds is 8. The average Bonchev–Trinajstić information content (AvgIpc) is 3.41. The highest BCUT2D eigenvalue weighted by atomic mass is 32.1. The highest BCUT2D eigenvalue weighted by Crippen LogP contribution is 2.36. The zero-order valence-electron chi connectivity index (χ0n) is 15.7. The van der Waals surface area contributed by atoms with E-state index in [1.54, 1.807) is 14.2 Å². The Hall–Kier alpha value is -2.40. The van der Waals surface area contributed by atoms with Crippen LogP contribution in [0.25, 0.3) is 10.1 Å². The number of ketones is 1. The maximum Gasteiger partial charge on any atom is 0.173 e. The summed E-state index contributed by atoms with van der Waals surface area (Å²) < 4.78 is 14.0. The van der Waals surface area contributed by atoms with E-state index in [9.17, 15) is 4.79 Å². The van der Waals surface area contributed by atoms with Crippen molar-refractivity contribution in [3.63, 3.8) is 0 Å². The van der Waals surface area contributed by atoms with E-state index in [0.717, 1.165) is 33.8 Å². The first-order valence-corrected chi connectivity index (χ1v) is 10.1. The molecule has 2 aromatic heterocycles. The number of fused-ring (bicyclic) bond motifs is 1. The van der Waals surface area contributed by atoms with Gasteiger partial charge in [-0.2, -0.15) is 0 Å². The third-order valence-corrected chi connectivity index (χ3v) is 6.20. The lowest BCUT2D eigenvalue weighted by atomic mass is 10.1. The third kappa shape index (κ3) is 4.14. The van der Waals surface area contributed by atoms with Crippen molar-refractivity contribution in [3.8, 4) is 11.5 Å². The van der Waals surface area contributed by atoms with E-state index in [1.807, 2.05) is 18.2 Å². The number of hydrogen-bond acceptors (Lipinski definition) is 4. The molecule has 4 rings (SSSR count). The lowest BCUT2D eigenvalue weighted by Gasteiger charge is -2.06. The number of ether oxygens (including phenoxy) is 2. The molecule has 0 N–H and O–H groups in total. The van der Waals surface area contributed by atoms with E-state index in [-0.39, 0.29) is 5.78 Å². The zero-order chi connectivity index (χ0) is 18.8. The van der Waals surface area contributed by atoms with Gasteiger partial charge in [-0.25, -0.2) is 4.57 Å². The van der Waals surface area contributed by atoms with Gasteiger partial charge in [0.15, 0.2) is 36.2 Å². The summed E-state index contributed by atoms with van der Waals surface area (Å²) in [7, 11) is 3.24. The molecule has 140 valence electrons. The highest BCUT2D eigenvalue weighted by Gasteiger charge is 2.25. The second-order valence-corrected chi connectivity index (χ2v) is 8.21. The van der Waals surface area contributed by atoms with E-state index in [1.165, 1.54) is 29.7 Å². The molecule has 0 atom stereocenters. The second kappa shape index (κ2) is 7.69. The predicted octanol–water partition coefficient (Wildman–Crippen LogP) is 4.43. The standard InChI is InChI=1S/C22H24NO3S/c1-25-19-11-17-12-22(27-21(17)13-20(19)26-2)18(24)6-5-15-7-9-23(10-8-15)14-16-3-4-16/h7-13,16H,3-6,14H2,1-2H3/q+1. The summed E-state index contributed by atoms with van der Waals surface area (Å²) in [5.74, 6) is 2.43. The molecule has 1 fully saturated rings. The quantitative estimate of drug-likeness (QED) is 0.427. The van der Waals surface area contributed by atoms with E-state index < -0.39 is 0 Å². The molecule has 0 bridgehead atoms. The largest absolute Gasteiger partial charge is 0.493 e. The van der Waals surface area contributed by atoms with Crippen LogP contribution in [0.4, 0.5) is 0 Å². The lowest BCUT2D eigenvalue weighted by Crippen LogP contribution is -2.33. The molecule has 0 spiro atoms. The van der Waals surface area contributed by atoms with Gasteiger partial charge in [-0.1, -0.05) is 0 Å². The number of hydrogen-bond donors (Lipinski definition) is 0. The zero-order valence-corrected chi connectivity index (χ0v) is 16.6. The van der Waals surface area contributed by atoms with Gasteiger partial charge in [-0.05, 0) is 42.3 Å². The molecule has 1 aliphatic rings. The fourth-order valence-electron chi connectivity index (χ4n) is 3.26. The summed E-state index contributed by atoms with van der Waals surface area (Å²) in [4.78, 5) is 13.5. The number of pyridine rings is 1. The van der Waals surface area contributed by atoms with Crippen LogP contribution >= 0.6 is 11.3 Å². The van der Waals surface area contributed by atoms with E-state index >= 15 is 0 Å². The van der Waals surface area contributed by atoms with Crippen molar-refractivity contribution in [1.29, 1.82) is 0 Å². The van der Waals surface area contributed by atoms with Crippen molar-refractivity contribution >= 4 is 27.2 Å². The van der Waals surface area contributed by atoms with E-state index in [0.29, 0.717) is 17.9 Å². The molecule has 1 aliphatic carbocycles. The van der Waals surface area contributed by atoms with Crippen molar-refractivity contribution in [2.45, 2.75) is 32.2 Å². The lowest BCUT2D eigenvalue weighted by molar-refractivity contribution is -0.700. The minimum absolute atomic E-state index is 0.184. The number of aryl methyl sites for hydroxylation is 1. The Morgan fingerprint density at radius 1 is 1.11 bits per heavy atom. The van der Waals surface area contributed by atoms with Crippen LogP contribution in [-0.4, -0.2) is 20.0 Å². The van der Waals surface area contributed by atoms with Crippen LogP contribution < -0.4 is 14.0 Å². The first-order chi connectivity index (χ1) is 13.2. The Balaban J connectivity index is 1.42. The monoisotopic (exact) mass is 382 g/mol. The van der Waals surface area contributed by atoms with Crippen LogP contribution in [-0.2, 0) is 13.0 Å². The average molecular weight is 383 g/mol. The molecule has 2 heterocycles. The Bertz CT molecular complexity index is 917. The molecular weight excluding hydrogens is 358 g/mol. The van der Waals surface area contributed by atoms with Crippen molar-refractivity contribution < 1.29 is 18.8 Å². The van der Waals surface area contributed by atoms with E-state index in [2.05, 4.69) is 29.1 Å². The van der Waals surface area contributed by atoms with Gasteiger partial charge in [0.05, 0.1) is 19.1 Å². The summed E-state index contributed by atoms with van der Waals surface area (Å²) in [5, 5.41) is 1.02. The minimum atomic E-state index is 0.184. The van der Waals surface area contributed by atoms with Crippen molar-refractivity contribution in [3.05, 3.63) is 53.2 Å². The Morgan fingerprint density at radius 3 is 2.48 bits per heavy atom. The first kappa shape index (κ1) is 18.0. The van der Waals surface area contributed by atoms with Crippen molar-refractivity contribution in [2.24, 2.45) is 5.92 Å². The van der Waals surface area contributed by atoms with Crippen molar-refractivity contribution in [1.82, 2.24) is 0 Å². The van der Waals surface area contributed by atoms with Crippen LogP contribution in [0.3, 0.4) is 0 Å². The van der Waals surface area contributed by atoms with E-state index in [4.69, 9.17) is 9.47 Å². The van der Waals surface area contributed by atoms with Crippen LogP contribution in [0.2, 0.25) is 0 Å². The SMILES string of the molecule is COc1cc2cc(C(=O)CCc3cc[n+](CC4CC4)cc3)sc2cc1OC. The summed E-state index contributed by atoms with van der Waals surface area (Å²) in [5.41, 5.74) is 1.21. The number of benzene rings is 1. The second-order valence-electron chi connectivity index (χ2n) is 7.13. The van der Waals surface area contributed by atoms with Gasteiger partial charge in [0, 0.05) is 35.2 Å². The van der Waals surface area contributed by atoms with Crippen LogP contribution in [0.15, 0.2) is 42.7 Å². The molecule has 27 heavy (non-hydrogen) atoms. The molecule has 0 saturated heterocycles. The fraction of sp³-hybridized carbons (Fsp3) is 0.364. The minimum Gasteiger partial charge on any atom is -0.493 e. The smallest absolute Gasteiger partial charge is 0.173 e. The van der Waals surface area contributed by atoms with Gasteiger partial charge in [0.25, 0.3) is 0 Å². The Labute approximate surface area is 163 Å². The number of carbonyl (C=O) groups is 1. The number of carbonyl (C=O) groups excluding carboxylic acids is 1. The number of aromatic nitrogens is 1. The number of methoxy groups -OCH3 is 2. The molecule has 0 amide bonds. The molecule has 5 heteroatoms. The summed E-state index contributed by atoms with van der Waals surface area (Å²) >= 11 is 1.52. The topological polar surface area (TPSA) is 39.4 Å². The normalized spacial score (nSPS) is 13.7. The van der Waals surface area contributed by atoms with Gasteiger partial charge >= 0.3 is 0 Å². The Morgan fingerprint density at radius 2 is 1.81 bits per heavy atom. The molecule has 4 nitrogen and oxygen atoms in total. The molecule has 3 aromatic rings. The predicted molar refractivity (Wildman–Crippen MR) is 107 cm³/mol. The number of thiophene rings is 1. The molecule has 0 unspecified atom stereocenters. The maximum absolute atomic E-state index is 12.7. The summed E-state index contributed by atoms with van der Waals surface area (Å²) in [6.45, 7) is 1.12. The number of Topliss-reactive ketones (excluding diaryl/α,β-unsaturated/α-hetero) is 1. The molecule has 1 aromatic carbocycles. The van der Waals surface area contributed by atoms with Crippen LogP contribution in [0.5, 0.6) is 11.5 Å². The molecular formula is C22H24NO3S+. The van der Waals surface area contributed by atoms with Crippen LogP contribution in [0, 0.1) is 5.92 Å². The molecule has 0 radical (unpaired) electrons. The summed E-state index contributed by atoms with van der Waals surface area (Å²) in [6.07, 6.45) is 8.27. The van der Waals surface area contributed by atoms with Gasteiger partial charge in [-0.15, -0.1) is 11.3 Å². The maximum atomic E-state index is 12.7. The van der Waals surface area contributed by atoms with Crippen LogP contribution in [0.1, 0.15) is 34.5 Å². The van der Waals surface area contributed by atoms with Gasteiger partial charge < -0.3 is 9.47 Å². The third-order valence-electron chi connectivity index (χ3n) is 5.06. The van der Waals surface area contributed by atoms with Gasteiger partial charge in [0.2, 0.25) is 0 Å². The van der Waals surface area contributed by atoms with Gasteiger partial charge in [-0.3, -0.25) is 4.79 Å². The Kier molecular flexibility index (Phi) is 5.12. The first-order valence-electron chi connectivity index (χ1n) is 9.33. The summed E-state index contributed by atoms with van der Waals surface area (Å²) in [6, 6.07) is 10.1. The highest BCUT2D eigenvalue weighted by molar-refractivity contribution is 7.20. The van der Waals surface area contributed by atoms with Crippen molar-refractivity contribution in [2.75, 3.05) is 14.2 Å². The number of nitrogens with zero attached hydrogens (tertiary/aromatic N) is 1. The fourth-order valence-corrected chi connectivity index (χ4v) is 4.30. The van der Waals surface area contributed by atoms with Gasteiger partial charge in [0.1, 0.15) is 0 Å². The molecule has 1 saturated carbocycles. The molecule has 0 aliphatic heterocycles.